The van der Waals surface area contributed by atoms with E-state index in [9.17, 15) is 9.59 Å². The van der Waals surface area contributed by atoms with E-state index in [1.807, 2.05) is 59.3 Å². The number of aromatic nitrogens is 4. The minimum absolute atomic E-state index is 0.134. The fourth-order valence-corrected chi connectivity index (χ4v) is 5.17. The summed E-state index contributed by atoms with van der Waals surface area (Å²) >= 11 is 0. The van der Waals surface area contributed by atoms with Crippen molar-refractivity contribution in [2.75, 3.05) is 31.5 Å². The highest BCUT2D eigenvalue weighted by atomic mass is 16.5. The SMILES string of the molecule is COCCn1c(=O)c(NC(=O)Nc2cc(Cn3ccnc3)ccc2C(C)(C)C)c(-c2cccc(OC)c2)c2cccnc21. The standard InChI is InChI=1S/C33H36N6O4/c1-33(2,3)26-12-11-22(20-38-15-14-34-21-38)18-27(26)36-32(41)37-29-28(23-8-6-9-24(19-23)43-5)25-10-7-13-35-30(25)39(31(29)40)16-17-42-4/h6-15,18-19,21H,16-17,20H2,1-5H3,(H2,36,37,41). The lowest BCUT2D eigenvalue weighted by molar-refractivity contribution is 0.187. The van der Waals surface area contributed by atoms with Crippen LogP contribution < -0.4 is 20.9 Å². The molecule has 0 spiro atoms. The first-order valence-electron chi connectivity index (χ1n) is 14.0. The molecule has 0 bridgehead atoms. The second kappa shape index (κ2) is 12.5. The third-order valence-electron chi connectivity index (χ3n) is 7.20. The van der Waals surface area contributed by atoms with Gasteiger partial charge in [-0.15, -0.1) is 0 Å². The van der Waals surface area contributed by atoms with Gasteiger partial charge in [0.25, 0.3) is 5.56 Å². The molecule has 0 radical (unpaired) electrons. The second-order valence-electron chi connectivity index (χ2n) is 11.3. The molecule has 0 fully saturated rings. The number of imidazole rings is 1. The normalized spacial score (nSPS) is 11.5. The molecule has 10 heteroatoms. The summed E-state index contributed by atoms with van der Waals surface area (Å²) in [5.41, 5.74) is 3.88. The molecule has 2 aromatic carbocycles. The van der Waals surface area contributed by atoms with Crippen molar-refractivity contribution in [2.45, 2.75) is 39.3 Å². The fourth-order valence-electron chi connectivity index (χ4n) is 5.17. The van der Waals surface area contributed by atoms with Crippen LogP contribution >= 0.6 is 0 Å². The maximum atomic E-state index is 14.1. The number of benzene rings is 2. The maximum absolute atomic E-state index is 14.1. The number of amides is 2. The van der Waals surface area contributed by atoms with E-state index in [0.717, 1.165) is 11.1 Å². The third kappa shape index (κ3) is 6.44. The number of hydrogen-bond donors (Lipinski definition) is 2. The molecular formula is C33H36N6O4. The molecule has 0 saturated heterocycles. The van der Waals surface area contributed by atoms with Crippen LogP contribution in [0.25, 0.3) is 22.2 Å². The summed E-state index contributed by atoms with van der Waals surface area (Å²) in [4.78, 5) is 36.5. The number of ether oxygens (including phenoxy) is 2. The van der Waals surface area contributed by atoms with Gasteiger partial charge in [0.2, 0.25) is 0 Å². The Bertz CT molecular complexity index is 1810. The van der Waals surface area contributed by atoms with Gasteiger partial charge in [-0.1, -0.05) is 45.0 Å². The molecule has 0 saturated carbocycles. The lowest BCUT2D eigenvalue weighted by Crippen LogP contribution is -2.31. The highest BCUT2D eigenvalue weighted by molar-refractivity contribution is 6.07. The number of rotatable bonds is 9. The molecule has 222 valence electrons. The Morgan fingerprint density at radius 2 is 1.84 bits per heavy atom. The summed E-state index contributed by atoms with van der Waals surface area (Å²) in [7, 11) is 3.16. The minimum Gasteiger partial charge on any atom is -0.497 e. The van der Waals surface area contributed by atoms with Crippen LogP contribution in [0.3, 0.4) is 0 Å². The number of nitrogens with one attached hydrogen (secondary N) is 2. The Kier molecular flexibility index (Phi) is 8.58. The number of nitrogens with zero attached hydrogens (tertiary/aromatic N) is 4. The van der Waals surface area contributed by atoms with E-state index in [4.69, 9.17) is 9.47 Å². The Balaban J connectivity index is 1.60. The van der Waals surface area contributed by atoms with Gasteiger partial charge in [0.05, 0.1) is 26.6 Å². The van der Waals surface area contributed by atoms with Crippen LogP contribution in [0.2, 0.25) is 0 Å². The Hall–Kier alpha value is -4.96. The molecule has 0 aliphatic heterocycles. The second-order valence-corrected chi connectivity index (χ2v) is 11.3. The zero-order valence-electron chi connectivity index (χ0n) is 25.0. The van der Waals surface area contributed by atoms with E-state index in [-0.39, 0.29) is 23.2 Å². The summed E-state index contributed by atoms with van der Waals surface area (Å²) in [6.45, 7) is 7.44. The van der Waals surface area contributed by atoms with Crippen molar-refractivity contribution in [3.63, 3.8) is 0 Å². The van der Waals surface area contributed by atoms with E-state index in [0.29, 0.717) is 46.7 Å². The third-order valence-corrected chi connectivity index (χ3v) is 7.20. The zero-order chi connectivity index (χ0) is 30.6. The van der Waals surface area contributed by atoms with E-state index in [2.05, 4.69) is 47.4 Å². The summed E-state index contributed by atoms with van der Waals surface area (Å²) in [6.07, 6.45) is 7.02. The van der Waals surface area contributed by atoms with Crippen LogP contribution in [-0.2, 0) is 23.2 Å². The molecule has 3 aromatic heterocycles. The average molecular weight is 581 g/mol. The first kappa shape index (κ1) is 29.5. The topological polar surface area (TPSA) is 112 Å². The zero-order valence-corrected chi connectivity index (χ0v) is 25.0. The van der Waals surface area contributed by atoms with Crippen molar-refractivity contribution in [1.29, 1.82) is 0 Å². The van der Waals surface area contributed by atoms with Gasteiger partial charge < -0.3 is 24.7 Å². The molecule has 5 aromatic rings. The summed E-state index contributed by atoms with van der Waals surface area (Å²) in [5, 5.41) is 6.65. The smallest absolute Gasteiger partial charge is 0.323 e. The Labute approximate surface area is 250 Å². The average Bonchev–Trinajstić information content (AvgIpc) is 3.50. The molecule has 0 atom stereocenters. The maximum Gasteiger partial charge on any atom is 0.323 e. The molecular weight excluding hydrogens is 544 g/mol. The van der Waals surface area contributed by atoms with Gasteiger partial charge in [-0.25, -0.2) is 14.8 Å². The van der Waals surface area contributed by atoms with Crippen molar-refractivity contribution in [3.8, 4) is 16.9 Å². The quantitative estimate of drug-likeness (QED) is 0.224. The molecule has 5 rings (SSSR count). The number of anilines is 2. The highest BCUT2D eigenvalue weighted by Gasteiger charge is 2.23. The molecule has 43 heavy (non-hydrogen) atoms. The van der Waals surface area contributed by atoms with Gasteiger partial charge in [-0.3, -0.25) is 9.36 Å². The van der Waals surface area contributed by atoms with E-state index < -0.39 is 6.03 Å². The van der Waals surface area contributed by atoms with Crippen molar-refractivity contribution in [1.82, 2.24) is 19.1 Å². The summed E-state index contributed by atoms with van der Waals surface area (Å²) < 4.78 is 14.2. The monoisotopic (exact) mass is 580 g/mol. The number of urea groups is 1. The van der Waals surface area contributed by atoms with E-state index in [1.54, 1.807) is 32.9 Å². The number of carbonyl (C=O) groups is 1. The summed E-state index contributed by atoms with van der Waals surface area (Å²) in [5.74, 6) is 0.623. The van der Waals surface area contributed by atoms with Crippen LogP contribution in [0, 0.1) is 0 Å². The molecule has 0 unspecified atom stereocenters. The van der Waals surface area contributed by atoms with Gasteiger partial charge in [-0.05, 0) is 52.4 Å². The van der Waals surface area contributed by atoms with Gasteiger partial charge in [-0.2, -0.15) is 0 Å². The van der Waals surface area contributed by atoms with Crippen LogP contribution in [0.15, 0.2) is 84.3 Å². The van der Waals surface area contributed by atoms with Crippen LogP contribution in [-0.4, -0.2) is 46.0 Å². The molecule has 3 heterocycles. The largest absolute Gasteiger partial charge is 0.497 e. The van der Waals surface area contributed by atoms with Gasteiger partial charge in [0.1, 0.15) is 17.1 Å². The lowest BCUT2D eigenvalue weighted by atomic mass is 9.85. The number of fused-ring (bicyclic) bond motifs is 1. The van der Waals surface area contributed by atoms with Crippen LogP contribution in [0.5, 0.6) is 5.75 Å². The van der Waals surface area contributed by atoms with Crippen LogP contribution in [0.1, 0.15) is 31.9 Å². The van der Waals surface area contributed by atoms with Crippen molar-refractivity contribution in [3.05, 3.63) is 101 Å². The van der Waals surface area contributed by atoms with Gasteiger partial charge >= 0.3 is 6.03 Å². The van der Waals surface area contributed by atoms with E-state index >= 15 is 0 Å². The van der Waals surface area contributed by atoms with Crippen LogP contribution in [0.4, 0.5) is 16.2 Å². The predicted octanol–water partition coefficient (Wildman–Crippen LogP) is 5.90. The summed E-state index contributed by atoms with van der Waals surface area (Å²) in [6, 6.07) is 16.6. The Morgan fingerprint density at radius 1 is 1.00 bits per heavy atom. The molecule has 10 nitrogen and oxygen atoms in total. The number of pyridine rings is 2. The van der Waals surface area contributed by atoms with Crippen molar-refractivity contribution in [2.24, 2.45) is 0 Å². The van der Waals surface area contributed by atoms with Crippen molar-refractivity contribution < 1.29 is 14.3 Å². The first-order chi connectivity index (χ1) is 20.7. The number of carbonyl (C=O) groups excluding carboxylic acids is 1. The van der Waals surface area contributed by atoms with Crippen molar-refractivity contribution >= 4 is 28.4 Å². The minimum atomic E-state index is -0.534. The first-order valence-corrected chi connectivity index (χ1v) is 14.0. The van der Waals surface area contributed by atoms with Gasteiger partial charge in [0.15, 0.2) is 0 Å². The molecule has 2 amide bonds. The van der Waals surface area contributed by atoms with Gasteiger partial charge in [0, 0.05) is 48.9 Å². The predicted molar refractivity (Wildman–Crippen MR) is 169 cm³/mol. The highest BCUT2D eigenvalue weighted by Crippen LogP contribution is 2.35. The molecule has 2 N–H and O–H groups in total. The molecule has 0 aliphatic rings. The number of hydrogen-bond acceptors (Lipinski definition) is 6. The van der Waals surface area contributed by atoms with E-state index in [1.165, 1.54) is 4.57 Å². The fraction of sp³-hybridized carbons (Fsp3) is 0.273. The molecule has 0 aliphatic carbocycles. The number of methoxy groups -OCH3 is 2. The lowest BCUT2D eigenvalue weighted by Gasteiger charge is -2.24. The Morgan fingerprint density at radius 3 is 2.56 bits per heavy atom.